The van der Waals surface area contributed by atoms with Gasteiger partial charge in [0.05, 0.1) is 0 Å². The zero-order valence-corrected chi connectivity index (χ0v) is 8.95. The Balaban J connectivity index is 3.16. The van der Waals surface area contributed by atoms with Gasteiger partial charge in [-0.05, 0) is 24.2 Å². The molecule has 0 bridgehead atoms. The third-order valence-corrected chi connectivity index (χ3v) is 2.49. The van der Waals surface area contributed by atoms with Crippen molar-refractivity contribution in [1.82, 2.24) is 0 Å². The zero-order valence-electron chi connectivity index (χ0n) is 8.19. The van der Waals surface area contributed by atoms with E-state index >= 15 is 0 Å². The van der Waals surface area contributed by atoms with Gasteiger partial charge in [-0.25, -0.2) is 4.39 Å². The molecule has 1 nitrogen and oxygen atoms in total. The van der Waals surface area contributed by atoms with Crippen LogP contribution in [0, 0.1) is 0 Å². The molecule has 2 N–H and O–H groups in total. The highest BCUT2D eigenvalue weighted by atomic mass is 35.5. The van der Waals surface area contributed by atoms with Crippen LogP contribution in [0.2, 0.25) is 5.02 Å². The van der Waals surface area contributed by atoms with Crippen LogP contribution in [0.1, 0.15) is 12.0 Å². The summed E-state index contributed by atoms with van der Waals surface area (Å²) < 4.78 is 51.8. The molecule has 0 fully saturated rings. The van der Waals surface area contributed by atoms with Crippen molar-refractivity contribution in [3.8, 4) is 0 Å². The van der Waals surface area contributed by atoms with E-state index in [0.29, 0.717) is 0 Å². The summed E-state index contributed by atoms with van der Waals surface area (Å²) in [5, 5.41) is 0.251. The first kappa shape index (κ1) is 13.3. The smallest absolute Gasteiger partial charge is 0.330 e. The normalized spacial score (nSPS) is 15.9. The Kier molecular flexibility index (Phi) is 3.80. The number of hydrogen-bond donors (Lipinski definition) is 1. The molecule has 0 aliphatic rings. The van der Waals surface area contributed by atoms with E-state index in [1.807, 2.05) is 0 Å². The molecule has 0 aliphatic heterocycles. The van der Waals surface area contributed by atoms with E-state index in [2.05, 4.69) is 0 Å². The van der Waals surface area contributed by atoms with Crippen LogP contribution in [-0.2, 0) is 5.67 Å². The molecule has 0 spiro atoms. The molecule has 0 saturated heterocycles. The molecule has 0 saturated carbocycles. The van der Waals surface area contributed by atoms with Gasteiger partial charge in [-0.1, -0.05) is 23.7 Å². The Morgan fingerprint density at radius 3 is 1.94 bits per heavy atom. The van der Waals surface area contributed by atoms with Crippen LogP contribution >= 0.6 is 11.6 Å². The summed E-state index contributed by atoms with van der Waals surface area (Å²) in [5.41, 5.74) is 1.13. The maximum absolute atomic E-state index is 13.9. The molecular weight excluding hydrogens is 246 g/mol. The van der Waals surface area contributed by atoms with Gasteiger partial charge in [-0.15, -0.1) is 0 Å². The predicted octanol–water partition coefficient (Wildman–Crippen LogP) is 3.42. The van der Waals surface area contributed by atoms with Crippen molar-refractivity contribution in [2.24, 2.45) is 5.73 Å². The second-order valence-electron chi connectivity index (χ2n) is 3.34. The van der Waals surface area contributed by atoms with Gasteiger partial charge in [0.2, 0.25) is 5.67 Å². The van der Waals surface area contributed by atoms with Gasteiger partial charge in [0, 0.05) is 11.4 Å². The Labute approximate surface area is 95.2 Å². The van der Waals surface area contributed by atoms with Gasteiger partial charge >= 0.3 is 6.18 Å². The number of benzene rings is 1. The Morgan fingerprint density at radius 2 is 1.56 bits per heavy atom. The fraction of sp³-hybridized carbons (Fsp3) is 0.400. The van der Waals surface area contributed by atoms with E-state index in [4.69, 9.17) is 17.3 Å². The average molecular weight is 256 g/mol. The fourth-order valence-electron chi connectivity index (χ4n) is 1.36. The first-order valence-corrected chi connectivity index (χ1v) is 4.91. The van der Waals surface area contributed by atoms with Crippen LogP contribution in [0.3, 0.4) is 0 Å². The van der Waals surface area contributed by atoms with Crippen molar-refractivity contribution in [1.29, 1.82) is 0 Å². The molecule has 0 aromatic heterocycles. The number of nitrogens with two attached hydrogens (primary N) is 1. The van der Waals surface area contributed by atoms with E-state index in [9.17, 15) is 17.6 Å². The minimum absolute atomic E-state index is 0.251. The van der Waals surface area contributed by atoms with Crippen LogP contribution in [0.5, 0.6) is 0 Å². The highest BCUT2D eigenvalue weighted by Crippen LogP contribution is 2.45. The Morgan fingerprint density at radius 1 is 1.06 bits per heavy atom. The SMILES string of the molecule is NCCC(F)(c1ccc(Cl)cc1)C(F)(F)F. The molecule has 0 amide bonds. The number of alkyl halides is 4. The summed E-state index contributed by atoms with van der Waals surface area (Å²) >= 11 is 5.52. The van der Waals surface area contributed by atoms with Crippen molar-refractivity contribution in [2.75, 3.05) is 6.54 Å². The molecule has 90 valence electrons. The maximum atomic E-state index is 13.9. The monoisotopic (exact) mass is 255 g/mol. The standard InChI is InChI=1S/C10H10ClF4N/c11-8-3-1-7(2-4-8)9(12,5-6-16)10(13,14)15/h1-4H,5-6,16H2. The van der Waals surface area contributed by atoms with Crippen LogP contribution in [0.25, 0.3) is 0 Å². The van der Waals surface area contributed by atoms with Gasteiger partial charge in [0.1, 0.15) is 0 Å². The highest BCUT2D eigenvalue weighted by Gasteiger charge is 2.56. The summed E-state index contributed by atoms with van der Waals surface area (Å²) in [6, 6.07) is 4.47. The van der Waals surface area contributed by atoms with Gasteiger partial charge in [0.15, 0.2) is 0 Å². The van der Waals surface area contributed by atoms with Crippen LogP contribution in [0.15, 0.2) is 24.3 Å². The molecule has 0 radical (unpaired) electrons. The minimum Gasteiger partial charge on any atom is -0.330 e. The minimum atomic E-state index is -4.99. The maximum Gasteiger partial charge on any atom is 0.426 e. The number of halogens is 5. The van der Waals surface area contributed by atoms with E-state index in [1.165, 1.54) is 12.1 Å². The third-order valence-electron chi connectivity index (χ3n) is 2.24. The molecule has 1 atom stereocenters. The first-order valence-electron chi connectivity index (χ1n) is 4.53. The molecule has 1 aromatic rings. The largest absolute Gasteiger partial charge is 0.426 e. The molecule has 0 aliphatic carbocycles. The van der Waals surface area contributed by atoms with E-state index in [-0.39, 0.29) is 5.02 Å². The van der Waals surface area contributed by atoms with E-state index < -0.39 is 30.4 Å². The summed E-state index contributed by atoms with van der Waals surface area (Å²) in [5.74, 6) is 0. The van der Waals surface area contributed by atoms with E-state index in [0.717, 1.165) is 12.1 Å². The summed E-state index contributed by atoms with van der Waals surface area (Å²) in [6.45, 7) is -0.390. The third kappa shape index (κ3) is 2.47. The molecular formula is C10H10ClF4N. The second-order valence-corrected chi connectivity index (χ2v) is 3.78. The van der Waals surface area contributed by atoms with Crippen LogP contribution < -0.4 is 5.73 Å². The average Bonchev–Trinajstić information content (AvgIpc) is 2.17. The van der Waals surface area contributed by atoms with Crippen LogP contribution in [0.4, 0.5) is 17.6 Å². The van der Waals surface area contributed by atoms with E-state index in [1.54, 1.807) is 0 Å². The van der Waals surface area contributed by atoms with Crippen molar-refractivity contribution >= 4 is 11.6 Å². The van der Waals surface area contributed by atoms with Crippen molar-refractivity contribution in [2.45, 2.75) is 18.3 Å². The number of rotatable bonds is 3. The van der Waals surface area contributed by atoms with Gasteiger partial charge in [-0.3, -0.25) is 0 Å². The summed E-state index contributed by atoms with van der Waals surface area (Å²) in [4.78, 5) is 0. The lowest BCUT2D eigenvalue weighted by atomic mass is 9.91. The molecule has 6 heteroatoms. The van der Waals surface area contributed by atoms with Crippen molar-refractivity contribution in [3.63, 3.8) is 0 Å². The predicted molar refractivity (Wildman–Crippen MR) is 54.0 cm³/mol. The van der Waals surface area contributed by atoms with Crippen molar-refractivity contribution < 1.29 is 17.6 Å². The molecule has 1 rings (SSSR count). The molecule has 16 heavy (non-hydrogen) atoms. The lowest BCUT2D eigenvalue weighted by Crippen LogP contribution is -2.39. The van der Waals surface area contributed by atoms with Crippen LogP contribution in [-0.4, -0.2) is 12.7 Å². The Bertz CT molecular complexity index is 349. The molecule has 1 unspecified atom stereocenters. The van der Waals surface area contributed by atoms with Gasteiger partial charge in [0.25, 0.3) is 0 Å². The Hall–Kier alpha value is -0.810. The van der Waals surface area contributed by atoms with Gasteiger partial charge in [-0.2, -0.15) is 13.2 Å². The zero-order chi connectivity index (χ0) is 12.4. The molecule has 0 heterocycles. The topological polar surface area (TPSA) is 26.0 Å². The first-order chi connectivity index (χ1) is 7.31. The van der Waals surface area contributed by atoms with Gasteiger partial charge < -0.3 is 5.73 Å². The highest BCUT2D eigenvalue weighted by molar-refractivity contribution is 6.30. The lowest BCUT2D eigenvalue weighted by Gasteiger charge is -2.27. The second kappa shape index (κ2) is 4.59. The summed E-state index contributed by atoms with van der Waals surface area (Å²) in [7, 11) is 0. The molecule has 1 aromatic carbocycles. The van der Waals surface area contributed by atoms with Crippen molar-refractivity contribution in [3.05, 3.63) is 34.9 Å². The summed E-state index contributed by atoms with van der Waals surface area (Å²) in [6.07, 6.45) is -5.79. The lowest BCUT2D eigenvalue weighted by molar-refractivity contribution is -0.237. The quantitative estimate of drug-likeness (QED) is 0.823. The fourth-order valence-corrected chi connectivity index (χ4v) is 1.49. The number of hydrogen-bond acceptors (Lipinski definition) is 1.